The van der Waals surface area contributed by atoms with Crippen LogP contribution in [0.4, 0.5) is 5.82 Å². The molecular formula is C17H22N4O4S. The minimum absolute atomic E-state index is 0.215. The average molecular weight is 378 g/mol. The van der Waals surface area contributed by atoms with Crippen LogP contribution >= 0.6 is 0 Å². The van der Waals surface area contributed by atoms with Gasteiger partial charge in [-0.25, -0.2) is 8.42 Å². The van der Waals surface area contributed by atoms with E-state index in [1.54, 1.807) is 24.3 Å². The van der Waals surface area contributed by atoms with E-state index in [0.29, 0.717) is 24.6 Å². The van der Waals surface area contributed by atoms with E-state index in [2.05, 4.69) is 10.2 Å². The molecule has 9 heteroatoms. The molecule has 0 aliphatic carbocycles. The van der Waals surface area contributed by atoms with Crippen LogP contribution in [0.1, 0.15) is 6.42 Å². The summed E-state index contributed by atoms with van der Waals surface area (Å²) in [6.07, 6.45) is 0.343. The normalized spacial score (nSPS) is 17.9. The molecule has 0 spiro atoms. The summed E-state index contributed by atoms with van der Waals surface area (Å²) in [6, 6.07) is 10.0. The first-order valence-electron chi connectivity index (χ1n) is 8.22. The van der Waals surface area contributed by atoms with Crippen molar-refractivity contribution in [2.45, 2.75) is 17.4 Å². The maximum atomic E-state index is 12.8. The maximum Gasteiger partial charge on any atom is 0.243 e. The fourth-order valence-electron chi connectivity index (χ4n) is 2.71. The number of aromatic nitrogens is 2. The molecule has 0 amide bonds. The Morgan fingerprint density at radius 3 is 2.65 bits per heavy atom. The molecule has 1 aliphatic rings. The Morgan fingerprint density at radius 2 is 2.00 bits per heavy atom. The van der Waals surface area contributed by atoms with E-state index in [1.165, 1.54) is 17.5 Å². The van der Waals surface area contributed by atoms with Crippen molar-refractivity contribution in [3.8, 4) is 11.6 Å². The molecule has 1 atom stereocenters. The second kappa shape index (κ2) is 7.46. The van der Waals surface area contributed by atoms with Crippen LogP contribution in [0.2, 0.25) is 0 Å². The van der Waals surface area contributed by atoms with Crippen molar-refractivity contribution in [2.75, 3.05) is 39.2 Å². The number of rotatable bonds is 6. The summed E-state index contributed by atoms with van der Waals surface area (Å²) >= 11 is 0. The Kier molecular flexibility index (Phi) is 5.28. The van der Waals surface area contributed by atoms with Gasteiger partial charge < -0.3 is 14.4 Å². The van der Waals surface area contributed by atoms with Crippen molar-refractivity contribution in [1.29, 1.82) is 0 Å². The highest BCUT2D eigenvalue weighted by Crippen LogP contribution is 2.25. The number of methoxy groups -OCH3 is 1. The number of ether oxygens (including phenoxy) is 2. The molecule has 8 nitrogen and oxygen atoms in total. The van der Waals surface area contributed by atoms with Crippen LogP contribution in [0, 0.1) is 0 Å². The predicted molar refractivity (Wildman–Crippen MR) is 97.1 cm³/mol. The molecule has 3 rings (SSSR count). The van der Waals surface area contributed by atoms with Crippen molar-refractivity contribution < 1.29 is 17.9 Å². The molecule has 0 bridgehead atoms. The molecule has 1 aromatic heterocycles. The van der Waals surface area contributed by atoms with Gasteiger partial charge in [-0.15, -0.1) is 10.2 Å². The van der Waals surface area contributed by atoms with E-state index >= 15 is 0 Å². The van der Waals surface area contributed by atoms with Gasteiger partial charge in [-0.05, 0) is 24.6 Å². The first-order chi connectivity index (χ1) is 12.4. The first kappa shape index (κ1) is 18.4. The van der Waals surface area contributed by atoms with Gasteiger partial charge in [0.15, 0.2) is 5.82 Å². The lowest BCUT2D eigenvalue weighted by molar-refractivity contribution is 0.204. The molecule has 26 heavy (non-hydrogen) atoms. The lowest BCUT2D eigenvalue weighted by Gasteiger charge is -2.17. The molecule has 1 unspecified atom stereocenters. The van der Waals surface area contributed by atoms with Crippen LogP contribution in [-0.4, -0.2) is 63.3 Å². The van der Waals surface area contributed by atoms with Crippen molar-refractivity contribution in [2.24, 2.45) is 0 Å². The summed E-state index contributed by atoms with van der Waals surface area (Å²) in [5, 5.41) is 8.09. The van der Waals surface area contributed by atoms with E-state index in [9.17, 15) is 8.42 Å². The van der Waals surface area contributed by atoms with Crippen molar-refractivity contribution >= 4 is 15.8 Å². The zero-order valence-electron chi connectivity index (χ0n) is 15.0. The van der Waals surface area contributed by atoms with Gasteiger partial charge in [0.05, 0.1) is 18.6 Å². The molecular weight excluding hydrogens is 356 g/mol. The highest BCUT2D eigenvalue weighted by Gasteiger charge is 2.34. The van der Waals surface area contributed by atoms with Crippen molar-refractivity contribution in [1.82, 2.24) is 14.5 Å². The minimum Gasteiger partial charge on any atom is -0.497 e. The summed E-state index contributed by atoms with van der Waals surface area (Å²) in [4.78, 5) is 2.06. The van der Waals surface area contributed by atoms with Crippen LogP contribution in [0.15, 0.2) is 41.3 Å². The Balaban J connectivity index is 1.67. The molecule has 0 radical (unpaired) electrons. The SMILES string of the molecule is COc1cccc(S(=O)(=O)N2CCC(Oc3ccc(N(C)C)nn3)C2)c1. The largest absolute Gasteiger partial charge is 0.497 e. The van der Waals surface area contributed by atoms with E-state index in [-0.39, 0.29) is 17.5 Å². The summed E-state index contributed by atoms with van der Waals surface area (Å²) in [6.45, 7) is 0.671. The molecule has 2 heterocycles. The quantitative estimate of drug-likeness (QED) is 0.751. The number of sulfonamides is 1. The predicted octanol–water partition coefficient (Wildman–Crippen LogP) is 1.39. The summed E-state index contributed by atoms with van der Waals surface area (Å²) < 4.78 is 37.9. The molecule has 1 fully saturated rings. The summed E-state index contributed by atoms with van der Waals surface area (Å²) in [5.41, 5.74) is 0. The zero-order chi connectivity index (χ0) is 18.7. The number of benzene rings is 1. The minimum atomic E-state index is -3.58. The van der Waals surface area contributed by atoms with E-state index in [1.807, 2.05) is 25.1 Å². The van der Waals surface area contributed by atoms with E-state index < -0.39 is 10.0 Å². The second-order valence-corrected chi connectivity index (χ2v) is 8.13. The third kappa shape index (κ3) is 3.88. The second-order valence-electron chi connectivity index (χ2n) is 6.19. The van der Waals surface area contributed by atoms with Crippen molar-refractivity contribution in [3.05, 3.63) is 36.4 Å². The topological polar surface area (TPSA) is 84.9 Å². The van der Waals surface area contributed by atoms with Crippen molar-refractivity contribution in [3.63, 3.8) is 0 Å². The molecule has 2 aromatic rings. The molecule has 0 N–H and O–H groups in total. The number of hydrogen-bond acceptors (Lipinski definition) is 7. The van der Waals surface area contributed by atoms with Crippen LogP contribution < -0.4 is 14.4 Å². The number of nitrogens with zero attached hydrogens (tertiary/aromatic N) is 4. The van der Waals surface area contributed by atoms with Gasteiger partial charge in [-0.1, -0.05) is 6.07 Å². The number of anilines is 1. The summed E-state index contributed by atoms with van der Waals surface area (Å²) in [5.74, 6) is 1.63. The van der Waals surface area contributed by atoms with Crippen LogP contribution in [0.3, 0.4) is 0 Å². The van der Waals surface area contributed by atoms with Gasteiger partial charge in [-0.3, -0.25) is 0 Å². The van der Waals surface area contributed by atoms with Gasteiger partial charge in [0.2, 0.25) is 15.9 Å². The zero-order valence-corrected chi connectivity index (χ0v) is 15.8. The van der Waals surface area contributed by atoms with E-state index in [0.717, 1.165) is 5.82 Å². The number of hydrogen-bond donors (Lipinski definition) is 0. The first-order valence-corrected chi connectivity index (χ1v) is 9.66. The van der Waals surface area contributed by atoms with Gasteiger partial charge in [0.1, 0.15) is 11.9 Å². The average Bonchev–Trinajstić information content (AvgIpc) is 3.11. The van der Waals surface area contributed by atoms with Crippen LogP contribution in [0.25, 0.3) is 0 Å². The van der Waals surface area contributed by atoms with Gasteiger partial charge in [0, 0.05) is 32.8 Å². The Morgan fingerprint density at radius 1 is 1.19 bits per heavy atom. The lowest BCUT2D eigenvalue weighted by atomic mass is 10.3. The standard InChI is InChI=1S/C17H22N4O4S/c1-20(2)16-7-8-17(19-18-16)25-14-9-10-21(12-14)26(22,23)15-6-4-5-13(11-15)24-3/h4-8,11,14H,9-10,12H2,1-3H3. The monoisotopic (exact) mass is 378 g/mol. The van der Waals surface area contributed by atoms with Crippen LogP contribution in [0.5, 0.6) is 11.6 Å². The summed E-state index contributed by atoms with van der Waals surface area (Å²) in [7, 11) is 1.68. The molecule has 1 aromatic carbocycles. The van der Waals surface area contributed by atoms with Crippen LogP contribution in [-0.2, 0) is 10.0 Å². The third-order valence-corrected chi connectivity index (χ3v) is 6.02. The Labute approximate surface area is 153 Å². The van der Waals surface area contributed by atoms with Gasteiger partial charge in [-0.2, -0.15) is 4.31 Å². The smallest absolute Gasteiger partial charge is 0.243 e. The highest BCUT2D eigenvalue weighted by atomic mass is 32.2. The maximum absolute atomic E-state index is 12.8. The fourth-order valence-corrected chi connectivity index (χ4v) is 4.23. The lowest BCUT2D eigenvalue weighted by Crippen LogP contribution is -2.31. The van der Waals surface area contributed by atoms with Gasteiger partial charge >= 0.3 is 0 Å². The molecule has 140 valence electrons. The molecule has 0 saturated carbocycles. The highest BCUT2D eigenvalue weighted by molar-refractivity contribution is 7.89. The molecule has 1 aliphatic heterocycles. The third-order valence-electron chi connectivity index (χ3n) is 4.16. The fraction of sp³-hybridized carbons (Fsp3) is 0.412. The Hall–Kier alpha value is -2.39. The van der Waals surface area contributed by atoms with Gasteiger partial charge in [0.25, 0.3) is 0 Å². The molecule has 1 saturated heterocycles. The van der Waals surface area contributed by atoms with E-state index in [4.69, 9.17) is 9.47 Å². The Bertz CT molecular complexity index is 855.